The quantitative estimate of drug-likeness (QED) is 0.892. The lowest BCUT2D eigenvalue weighted by Gasteiger charge is -2.22. The number of benzene rings is 1. The van der Waals surface area contributed by atoms with Crippen molar-refractivity contribution in [3.8, 4) is 11.5 Å². The zero-order valence-electron chi connectivity index (χ0n) is 12.0. The molecular weight excluding hydrogens is 245 g/mol. The highest BCUT2D eigenvalue weighted by Crippen LogP contribution is 2.42. The highest BCUT2D eigenvalue weighted by Gasteiger charge is 2.39. The Balaban J connectivity index is 2.44. The molecule has 0 radical (unpaired) electrons. The second-order valence-corrected chi connectivity index (χ2v) is 5.88. The number of hydrogen-bond acceptors (Lipinski definition) is 3. The van der Waals surface area contributed by atoms with E-state index in [1.807, 2.05) is 6.07 Å². The summed E-state index contributed by atoms with van der Waals surface area (Å²) in [4.78, 5) is 0. The van der Waals surface area contributed by atoms with E-state index in [0.717, 1.165) is 24.8 Å². The first kappa shape index (κ1) is 14.1. The van der Waals surface area contributed by atoms with Crippen LogP contribution in [0.1, 0.15) is 37.8 Å². The van der Waals surface area contributed by atoms with Crippen LogP contribution in [-0.2, 0) is 12.1 Å². The Labute approximate surface area is 113 Å². The van der Waals surface area contributed by atoms with Gasteiger partial charge < -0.3 is 15.2 Å². The van der Waals surface area contributed by atoms with E-state index in [9.17, 15) is 4.39 Å². The summed E-state index contributed by atoms with van der Waals surface area (Å²) < 4.78 is 24.9. The molecular formula is C15H22FNO2. The monoisotopic (exact) mass is 267 g/mol. The number of ether oxygens (including phenoxy) is 2. The standard InChI is InChI=1S/C15H22FNO2/c1-14(2,16)11-8-12(18-3)10(7-13(11)19-4)9-15(17)5-6-15/h7-8H,5-6,9,17H2,1-4H3. The molecule has 2 N–H and O–H groups in total. The maximum absolute atomic E-state index is 14.2. The molecule has 0 aliphatic heterocycles. The zero-order chi connectivity index (χ0) is 14.3. The van der Waals surface area contributed by atoms with Crippen LogP contribution < -0.4 is 15.2 Å². The van der Waals surface area contributed by atoms with E-state index >= 15 is 0 Å². The molecule has 0 saturated heterocycles. The minimum absolute atomic E-state index is 0.120. The Hall–Kier alpha value is -1.29. The Morgan fingerprint density at radius 2 is 1.79 bits per heavy atom. The zero-order valence-corrected chi connectivity index (χ0v) is 12.0. The van der Waals surface area contributed by atoms with Gasteiger partial charge in [-0.25, -0.2) is 4.39 Å². The molecule has 2 rings (SSSR count). The molecule has 1 aromatic carbocycles. The van der Waals surface area contributed by atoms with Crippen molar-refractivity contribution < 1.29 is 13.9 Å². The Morgan fingerprint density at radius 1 is 1.21 bits per heavy atom. The van der Waals surface area contributed by atoms with Crippen molar-refractivity contribution in [2.45, 2.75) is 44.3 Å². The molecule has 0 amide bonds. The minimum Gasteiger partial charge on any atom is -0.496 e. The smallest absolute Gasteiger partial charge is 0.134 e. The van der Waals surface area contributed by atoms with Gasteiger partial charge in [0.2, 0.25) is 0 Å². The molecule has 0 atom stereocenters. The summed E-state index contributed by atoms with van der Waals surface area (Å²) in [6, 6.07) is 3.57. The van der Waals surface area contributed by atoms with Crippen molar-refractivity contribution in [3.63, 3.8) is 0 Å². The SMILES string of the molecule is COc1cc(C(C)(C)F)c(OC)cc1CC1(N)CC1. The Morgan fingerprint density at radius 3 is 2.21 bits per heavy atom. The van der Waals surface area contributed by atoms with Crippen molar-refractivity contribution in [2.75, 3.05) is 14.2 Å². The van der Waals surface area contributed by atoms with Crippen LogP contribution >= 0.6 is 0 Å². The van der Waals surface area contributed by atoms with Gasteiger partial charge in [0, 0.05) is 11.1 Å². The van der Waals surface area contributed by atoms with Crippen molar-refractivity contribution >= 4 is 0 Å². The van der Waals surface area contributed by atoms with E-state index in [1.54, 1.807) is 20.3 Å². The number of hydrogen-bond donors (Lipinski definition) is 1. The second kappa shape index (κ2) is 4.67. The van der Waals surface area contributed by atoms with Crippen LogP contribution in [0.2, 0.25) is 0 Å². The highest BCUT2D eigenvalue weighted by atomic mass is 19.1. The maximum Gasteiger partial charge on any atom is 0.134 e. The number of alkyl halides is 1. The first-order chi connectivity index (χ1) is 8.79. The molecule has 1 fully saturated rings. The fraction of sp³-hybridized carbons (Fsp3) is 0.600. The third kappa shape index (κ3) is 3.00. The predicted octanol–water partition coefficient (Wildman–Crippen LogP) is 2.94. The van der Waals surface area contributed by atoms with Gasteiger partial charge >= 0.3 is 0 Å². The molecule has 3 nitrogen and oxygen atoms in total. The molecule has 1 aliphatic carbocycles. The number of halogens is 1. The minimum atomic E-state index is -1.48. The topological polar surface area (TPSA) is 44.5 Å². The van der Waals surface area contributed by atoms with E-state index in [-0.39, 0.29) is 5.54 Å². The first-order valence-corrected chi connectivity index (χ1v) is 6.52. The molecule has 1 saturated carbocycles. The number of nitrogens with two attached hydrogens (primary N) is 1. The molecule has 1 aromatic rings. The van der Waals surface area contributed by atoms with Crippen molar-refractivity contribution in [1.29, 1.82) is 0 Å². The van der Waals surface area contributed by atoms with Crippen LogP contribution in [-0.4, -0.2) is 19.8 Å². The average molecular weight is 267 g/mol. The van der Waals surface area contributed by atoms with Crippen LogP contribution in [0.3, 0.4) is 0 Å². The summed E-state index contributed by atoms with van der Waals surface area (Å²) in [6.45, 7) is 3.02. The normalized spacial score (nSPS) is 17.2. The van der Waals surface area contributed by atoms with Crippen LogP contribution in [0.15, 0.2) is 12.1 Å². The summed E-state index contributed by atoms with van der Waals surface area (Å²) >= 11 is 0. The van der Waals surface area contributed by atoms with E-state index in [0.29, 0.717) is 17.1 Å². The van der Waals surface area contributed by atoms with Gasteiger partial charge in [0.1, 0.15) is 17.2 Å². The Kier molecular flexibility index (Phi) is 3.47. The third-order valence-corrected chi connectivity index (χ3v) is 3.68. The van der Waals surface area contributed by atoms with Crippen molar-refractivity contribution in [2.24, 2.45) is 5.73 Å². The summed E-state index contributed by atoms with van der Waals surface area (Å²) in [7, 11) is 3.15. The fourth-order valence-electron chi connectivity index (χ4n) is 2.28. The van der Waals surface area contributed by atoms with Gasteiger partial charge in [-0.15, -0.1) is 0 Å². The van der Waals surface area contributed by atoms with Crippen LogP contribution in [0.4, 0.5) is 4.39 Å². The van der Waals surface area contributed by atoms with E-state index < -0.39 is 5.67 Å². The predicted molar refractivity (Wildman–Crippen MR) is 73.5 cm³/mol. The van der Waals surface area contributed by atoms with Gasteiger partial charge in [-0.05, 0) is 50.8 Å². The lowest BCUT2D eigenvalue weighted by Crippen LogP contribution is -2.25. The maximum atomic E-state index is 14.2. The molecule has 106 valence electrons. The molecule has 19 heavy (non-hydrogen) atoms. The largest absolute Gasteiger partial charge is 0.496 e. The number of rotatable bonds is 5. The van der Waals surface area contributed by atoms with Crippen LogP contribution in [0.25, 0.3) is 0 Å². The summed E-state index contributed by atoms with van der Waals surface area (Å²) in [5, 5.41) is 0. The molecule has 1 aliphatic rings. The second-order valence-electron chi connectivity index (χ2n) is 5.88. The molecule has 4 heteroatoms. The van der Waals surface area contributed by atoms with E-state index in [4.69, 9.17) is 15.2 Å². The van der Waals surface area contributed by atoms with Gasteiger partial charge in [-0.2, -0.15) is 0 Å². The summed E-state index contributed by atoms with van der Waals surface area (Å²) in [5.74, 6) is 1.23. The summed E-state index contributed by atoms with van der Waals surface area (Å²) in [6.07, 6.45) is 2.78. The summed E-state index contributed by atoms with van der Waals surface area (Å²) in [5.41, 5.74) is 6.03. The molecule has 0 unspecified atom stereocenters. The van der Waals surface area contributed by atoms with Crippen LogP contribution in [0, 0.1) is 0 Å². The molecule has 0 bridgehead atoms. The van der Waals surface area contributed by atoms with Gasteiger partial charge in [-0.1, -0.05) is 0 Å². The van der Waals surface area contributed by atoms with E-state index in [1.165, 1.54) is 13.8 Å². The molecule has 0 aromatic heterocycles. The lowest BCUT2D eigenvalue weighted by atomic mass is 9.94. The highest BCUT2D eigenvalue weighted by molar-refractivity contribution is 5.49. The van der Waals surface area contributed by atoms with Gasteiger partial charge in [-0.3, -0.25) is 0 Å². The Bertz CT molecular complexity index is 476. The average Bonchev–Trinajstić information content (AvgIpc) is 3.04. The van der Waals surface area contributed by atoms with Gasteiger partial charge in [0.05, 0.1) is 14.2 Å². The van der Waals surface area contributed by atoms with E-state index in [2.05, 4.69) is 0 Å². The molecule has 0 heterocycles. The van der Waals surface area contributed by atoms with Gasteiger partial charge in [0.15, 0.2) is 0 Å². The first-order valence-electron chi connectivity index (χ1n) is 6.52. The van der Waals surface area contributed by atoms with Crippen LogP contribution in [0.5, 0.6) is 11.5 Å². The lowest BCUT2D eigenvalue weighted by molar-refractivity contribution is 0.212. The fourth-order valence-corrected chi connectivity index (χ4v) is 2.28. The van der Waals surface area contributed by atoms with Crippen molar-refractivity contribution in [3.05, 3.63) is 23.3 Å². The third-order valence-electron chi connectivity index (χ3n) is 3.68. The van der Waals surface area contributed by atoms with Crippen molar-refractivity contribution in [1.82, 2.24) is 0 Å². The number of methoxy groups -OCH3 is 2. The van der Waals surface area contributed by atoms with Gasteiger partial charge in [0.25, 0.3) is 0 Å². The molecule has 0 spiro atoms.